The summed E-state index contributed by atoms with van der Waals surface area (Å²) in [7, 11) is 0. The minimum absolute atomic E-state index is 0.0919. The number of nitrogens with zero attached hydrogens (tertiary/aromatic N) is 1. The standard InChI is InChI=1S/C62H49N/c1-61(2,3)47-33-35-48(36-34-47)62(4)58-27-10-9-23-57(58)60-56(26-14-28-59(60)62)46-19-11-20-51(41-46)63(49-37-29-44(30-38-49)54-24-12-17-42-15-5-7-21-52(42)54)50-39-31-45(32-40-50)55-25-13-18-43-16-6-8-22-53(43)55/h5-41H,1-4H3. The van der Waals surface area contributed by atoms with E-state index >= 15 is 0 Å². The number of fused-ring (bicyclic) bond motifs is 5. The fourth-order valence-corrected chi connectivity index (χ4v) is 10.2. The van der Waals surface area contributed by atoms with Gasteiger partial charge in [-0.25, -0.2) is 0 Å². The van der Waals surface area contributed by atoms with E-state index in [9.17, 15) is 0 Å². The minimum atomic E-state index is -0.292. The summed E-state index contributed by atoms with van der Waals surface area (Å²) in [6, 6.07) is 83.1. The molecule has 0 radical (unpaired) electrons. The van der Waals surface area contributed by atoms with Gasteiger partial charge in [0.2, 0.25) is 0 Å². The van der Waals surface area contributed by atoms with Gasteiger partial charge in [0.15, 0.2) is 0 Å². The van der Waals surface area contributed by atoms with Crippen LogP contribution in [-0.2, 0) is 10.8 Å². The molecular weight excluding hydrogens is 759 g/mol. The fraction of sp³-hybridized carbons (Fsp3) is 0.0968. The van der Waals surface area contributed by atoms with E-state index < -0.39 is 0 Å². The molecule has 1 heteroatoms. The molecule has 0 spiro atoms. The van der Waals surface area contributed by atoms with E-state index in [1.165, 1.54) is 88.3 Å². The molecule has 302 valence electrons. The molecule has 1 atom stereocenters. The SMILES string of the molecule is CC(C)(C)c1ccc(C2(C)c3ccccc3-c3c(-c4cccc(N(c5ccc(-c6cccc7ccccc67)cc5)c5ccc(-c6cccc7ccccc67)cc5)c4)cccc32)cc1. The molecule has 63 heavy (non-hydrogen) atoms. The van der Waals surface area contributed by atoms with E-state index in [1.54, 1.807) is 0 Å². The van der Waals surface area contributed by atoms with Crippen LogP contribution in [0.2, 0.25) is 0 Å². The zero-order valence-corrected chi connectivity index (χ0v) is 36.3. The Morgan fingerprint density at radius 1 is 0.365 bits per heavy atom. The van der Waals surface area contributed by atoms with Crippen molar-refractivity contribution in [3.05, 3.63) is 247 Å². The molecule has 0 saturated carbocycles. The summed E-state index contributed by atoms with van der Waals surface area (Å²) in [5.41, 5.74) is 18.4. The molecule has 0 N–H and O–H groups in total. The summed E-state index contributed by atoms with van der Waals surface area (Å²) < 4.78 is 0. The topological polar surface area (TPSA) is 3.24 Å². The Balaban J connectivity index is 1.04. The van der Waals surface area contributed by atoms with E-state index in [4.69, 9.17) is 0 Å². The van der Waals surface area contributed by atoms with Crippen LogP contribution in [0.3, 0.4) is 0 Å². The number of hydrogen-bond acceptors (Lipinski definition) is 1. The Hall–Kier alpha value is -7.48. The van der Waals surface area contributed by atoms with Gasteiger partial charge < -0.3 is 4.90 Å². The summed E-state index contributed by atoms with van der Waals surface area (Å²) in [5.74, 6) is 0. The van der Waals surface area contributed by atoms with Gasteiger partial charge in [-0.2, -0.15) is 0 Å². The number of hydrogen-bond donors (Lipinski definition) is 0. The minimum Gasteiger partial charge on any atom is -0.310 e. The van der Waals surface area contributed by atoms with Crippen molar-refractivity contribution in [3.8, 4) is 44.5 Å². The number of anilines is 3. The summed E-state index contributed by atoms with van der Waals surface area (Å²) >= 11 is 0. The molecule has 0 aliphatic heterocycles. The van der Waals surface area contributed by atoms with Gasteiger partial charge in [-0.1, -0.05) is 209 Å². The lowest BCUT2D eigenvalue weighted by atomic mass is 9.73. The number of rotatable bonds is 7. The van der Waals surface area contributed by atoms with E-state index in [2.05, 4.69) is 257 Å². The van der Waals surface area contributed by atoms with Gasteiger partial charge in [0.05, 0.1) is 0 Å². The molecule has 0 aromatic heterocycles. The van der Waals surface area contributed by atoms with Crippen LogP contribution in [0.15, 0.2) is 224 Å². The van der Waals surface area contributed by atoms with Crippen LogP contribution in [0.5, 0.6) is 0 Å². The number of benzene rings is 10. The van der Waals surface area contributed by atoms with Gasteiger partial charge in [0.1, 0.15) is 0 Å². The van der Waals surface area contributed by atoms with Gasteiger partial charge >= 0.3 is 0 Å². The van der Waals surface area contributed by atoms with Crippen molar-refractivity contribution in [3.63, 3.8) is 0 Å². The van der Waals surface area contributed by atoms with Crippen molar-refractivity contribution in [2.75, 3.05) is 4.90 Å². The van der Waals surface area contributed by atoms with Gasteiger partial charge in [-0.05, 0) is 137 Å². The molecule has 11 rings (SSSR count). The molecule has 0 bridgehead atoms. The second-order valence-electron chi connectivity index (χ2n) is 18.3. The quantitative estimate of drug-likeness (QED) is 0.155. The summed E-state index contributed by atoms with van der Waals surface area (Å²) in [6.45, 7) is 9.27. The van der Waals surface area contributed by atoms with E-state index in [0.29, 0.717) is 0 Å². The Labute approximate surface area is 371 Å². The lowest BCUT2D eigenvalue weighted by molar-refractivity contribution is 0.589. The van der Waals surface area contributed by atoms with E-state index in [-0.39, 0.29) is 10.8 Å². The van der Waals surface area contributed by atoms with Crippen LogP contribution in [0.25, 0.3) is 66.1 Å². The molecule has 1 nitrogen and oxygen atoms in total. The molecule has 1 aliphatic rings. The molecule has 0 fully saturated rings. The monoisotopic (exact) mass is 807 g/mol. The zero-order chi connectivity index (χ0) is 42.7. The fourth-order valence-electron chi connectivity index (χ4n) is 10.2. The first-order valence-electron chi connectivity index (χ1n) is 22.2. The van der Waals surface area contributed by atoms with Crippen LogP contribution < -0.4 is 4.90 Å². The van der Waals surface area contributed by atoms with Crippen LogP contribution in [0.4, 0.5) is 17.1 Å². The summed E-state index contributed by atoms with van der Waals surface area (Å²) in [6.07, 6.45) is 0. The lowest BCUT2D eigenvalue weighted by Crippen LogP contribution is -2.23. The van der Waals surface area contributed by atoms with E-state index in [0.717, 1.165) is 17.1 Å². The Kier molecular flexibility index (Phi) is 9.25. The van der Waals surface area contributed by atoms with Gasteiger partial charge in [0, 0.05) is 22.5 Å². The maximum atomic E-state index is 2.41. The second kappa shape index (κ2) is 15.2. The maximum absolute atomic E-state index is 2.41. The Morgan fingerprint density at radius 2 is 0.841 bits per heavy atom. The highest BCUT2D eigenvalue weighted by molar-refractivity contribution is 5.99. The van der Waals surface area contributed by atoms with Crippen molar-refractivity contribution in [1.82, 2.24) is 0 Å². The highest BCUT2D eigenvalue weighted by Crippen LogP contribution is 2.55. The average Bonchev–Trinajstić information content (AvgIpc) is 3.60. The van der Waals surface area contributed by atoms with Crippen LogP contribution in [0.1, 0.15) is 49.9 Å². The van der Waals surface area contributed by atoms with Crippen molar-refractivity contribution in [2.45, 2.75) is 38.5 Å². The average molecular weight is 808 g/mol. The molecule has 0 amide bonds. The summed E-state index contributed by atoms with van der Waals surface area (Å²) in [5, 5.41) is 5.02. The van der Waals surface area contributed by atoms with Crippen LogP contribution >= 0.6 is 0 Å². The largest absolute Gasteiger partial charge is 0.310 e. The maximum Gasteiger partial charge on any atom is 0.0467 e. The third-order valence-electron chi connectivity index (χ3n) is 13.5. The molecule has 10 aromatic carbocycles. The zero-order valence-electron chi connectivity index (χ0n) is 36.3. The molecule has 1 aliphatic carbocycles. The third kappa shape index (κ3) is 6.55. The Bertz CT molecular complexity index is 3180. The Morgan fingerprint density at radius 3 is 1.44 bits per heavy atom. The highest BCUT2D eigenvalue weighted by Gasteiger charge is 2.41. The van der Waals surface area contributed by atoms with Crippen molar-refractivity contribution in [1.29, 1.82) is 0 Å². The van der Waals surface area contributed by atoms with Gasteiger partial charge in [0.25, 0.3) is 0 Å². The first-order chi connectivity index (χ1) is 30.8. The second-order valence-corrected chi connectivity index (χ2v) is 18.3. The van der Waals surface area contributed by atoms with E-state index in [1.807, 2.05) is 0 Å². The lowest BCUT2D eigenvalue weighted by Gasteiger charge is -2.29. The van der Waals surface area contributed by atoms with Gasteiger partial charge in [-0.15, -0.1) is 0 Å². The third-order valence-corrected chi connectivity index (χ3v) is 13.5. The van der Waals surface area contributed by atoms with Gasteiger partial charge in [-0.3, -0.25) is 0 Å². The smallest absolute Gasteiger partial charge is 0.0467 e. The van der Waals surface area contributed by atoms with Crippen molar-refractivity contribution >= 4 is 38.6 Å². The van der Waals surface area contributed by atoms with Crippen LogP contribution in [0, 0.1) is 0 Å². The molecule has 0 heterocycles. The highest BCUT2D eigenvalue weighted by atomic mass is 15.1. The summed E-state index contributed by atoms with van der Waals surface area (Å²) in [4.78, 5) is 2.40. The predicted molar refractivity (Wildman–Crippen MR) is 269 cm³/mol. The normalized spacial score (nSPS) is 14.4. The van der Waals surface area contributed by atoms with Crippen LogP contribution in [-0.4, -0.2) is 0 Å². The molecule has 1 unspecified atom stereocenters. The molecule has 0 saturated heterocycles. The molecular formula is C62H49N. The van der Waals surface area contributed by atoms with Crippen molar-refractivity contribution in [2.24, 2.45) is 0 Å². The first-order valence-corrected chi connectivity index (χ1v) is 22.2. The predicted octanol–water partition coefficient (Wildman–Crippen LogP) is 17.1. The first kappa shape index (κ1) is 38.4. The van der Waals surface area contributed by atoms with Crippen molar-refractivity contribution < 1.29 is 0 Å². The molecule has 10 aromatic rings.